The number of rotatable bonds is 1. The van der Waals surface area contributed by atoms with Gasteiger partial charge in [0.25, 0.3) is 0 Å². The number of hydrogen-bond donors (Lipinski definition) is 0. The Hall–Kier alpha value is -0.520. The molecule has 0 unspecified atom stereocenters. The van der Waals surface area contributed by atoms with Gasteiger partial charge in [0.15, 0.2) is 0 Å². The van der Waals surface area contributed by atoms with Crippen molar-refractivity contribution >= 4 is 0 Å². The largest absolute Gasteiger partial charge is 0.0776 e. The summed E-state index contributed by atoms with van der Waals surface area (Å²) in [6.07, 6.45) is 9.90. The lowest BCUT2D eigenvalue weighted by Crippen LogP contribution is -1.81. The van der Waals surface area contributed by atoms with Gasteiger partial charge < -0.3 is 0 Å². The third-order valence-electron chi connectivity index (χ3n) is 1.30. The Morgan fingerprint density at radius 1 is 1.29 bits per heavy atom. The van der Waals surface area contributed by atoms with E-state index in [2.05, 4.69) is 31.2 Å². The van der Waals surface area contributed by atoms with Crippen molar-refractivity contribution in [2.24, 2.45) is 5.92 Å². The Balaban J connectivity index is 2.44. The maximum atomic E-state index is 2.22. The number of hydrogen-bond acceptors (Lipinski definition) is 0. The molecular formula is C7H10. The van der Waals surface area contributed by atoms with E-state index in [9.17, 15) is 0 Å². The molecule has 0 heterocycles. The van der Waals surface area contributed by atoms with E-state index < -0.39 is 0 Å². The second-order valence-electron chi connectivity index (χ2n) is 1.84. The Morgan fingerprint density at radius 2 is 1.86 bits per heavy atom. The molecule has 0 saturated heterocycles. The highest BCUT2D eigenvalue weighted by atomic mass is 14.0. The lowest BCUT2D eigenvalue weighted by molar-refractivity contribution is 0.784. The summed E-state index contributed by atoms with van der Waals surface area (Å²) in [4.78, 5) is 0. The van der Waals surface area contributed by atoms with Crippen LogP contribution in [0.15, 0.2) is 24.3 Å². The predicted octanol–water partition coefficient (Wildman–Crippen LogP) is 2.14. The Kier molecular flexibility index (Phi) is 1.30. The minimum atomic E-state index is 0.736. The summed E-state index contributed by atoms with van der Waals surface area (Å²) in [6, 6.07) is 0. The monoisotopic (exact) mass is 94.1 g/mol. The highest BCUT2D eigenvalue weighted by Crippen LogP contribution is 2.10. The van der Waals surface area contributed by atoms with Gasteiger partial charge in [-0.15, -0.1) is 0 Å². The van der Waals surface area contributed by atoms with Crippen molar-refractivity contribution < 1.29 is 0 Å². The molecule has 7 heavy (non-hydrogen) atoms. The van der Waals surface area contributed by atoms with Crippen molar-refractivity contribution in [1.82, 2.24) is 0 Å². The molecule has 0 spiro atoms. The quantitative estimate of drug-likeness (QED) is 0.467. The van der Waals surface area contributed by atoms with Crippen molar-refractivity contribution in [3.05, 3.63) is 24.3 Å². The molecule has 0 saturated carbocycles. The van der Waals surface area contributed by atoms with E-state index in [1.807, 2.05) is 0 Å². The molecule has 0 atom stereocenters. The zero-order chi connectivity index (χ0) is 5.11. The van der Waals surface area contributed by atoms with Crippen LogP contribution < -0.4 is 0 Å². The Bertz CT molecular complexity index is 86.6. The SMILES string of the molecule is CCC1C=CC=C1. The lowest BCUT2D eigenvalue weighted by Gasteiger charge is -1.93. The van der Waals surface area contributed by atoms with Crippen LogP contribution in [0.3, 0.4) is 0 Å². The van der Waals surface area contributed by atoms with Crippen LogP contribution in [0.5, 0.6) is 0 Å². The molecule has 0 amide bonds. The fourth-order valence-electron chi connectivity index (χ4n) is 0.750. The van der Waals surface area contributed by atoms with Crippen LogP contribution in [0.1, 0.15) is 13.3 Å². The third kappa shape index (κ3) is 0.923. The first-order valence-corrected chi connectivity index (χ1v) is 2.78. The zero-order valence-electron chi connectivity index (χ0n) is 4.59. The van der Waals surface area contributed by atoms with Crippen molar-refractivity contribution in [3.63, 3.8) is 0 Å². The first kappa shape index (κ1) is 4.63. The standard InChI is InChI=1S/C7H10/c1-2-7-5-3-4-6-7/h3-7H,2H2,1H3. The highest BCUT2D eigenvalue weighted by Gasteiger charge is 1.96. The Labute approximate surface area is 44.5 Å². The van der Waals surface area contributed by atoms with Gasteiger partial charge >= 0.3 is 0 Å². The Morgan fingerprint density at radius 3 is 2.14 bits per heavy atom. The maximum Gasteiger partial charge on any atom is -0.00499 e. The minimum Gasteiger partial charge on any atom is -0.0776 e. The van der Waals surface area contributed by atoms with Crippen molar-refractivity contribution in [3.8, 4) is 0 Å². The predicted molar refractivity (Wildman–Crippen MR) is 32.1 cm³/mol. The van der Waals surface area contributed by atoms with Gasteiger partial charge in [-0.1, -0.05) is 31.2 Å². The molecule has 1 aliphatic rings. The highest BCUT2D eigenvalue weighted by molar-refractivity contribution is 5.16. The first-order valence-electron chi connectivity index (χ1n) is 2.78. The second-order valence-corrected chi connectivity index (χ2v) is 1.84. The molecule has 0 aliphatic heterocycles. The van der Waals surface area contributed by atoms with Gasteiger partial charge in [-0.3, -0.25) is 0 Å². The molecular weight excluding hydrogens is 84.1 g/mol. The molecule has 0 aromatic carbocycles. The average Bonchev–Trinajstić information content (AvgIpc) is 2.14. The van der Waals surface area contributed by atoms with Gasteiger partial charge in [0.1, 0.15) is 0 Å². The summed E-state index contributed by atoms with van der Waals surface area (Å²) < 4.78 is 0. The van der Waals surface area contributed by atoms with E-state index in [0.29, 0.717) is 0 Å². The summed E-state index contributed by atoms with van der Waals surface area (Å²) in [5.74, 6) is 0.736. The average molecular weight is 94.2 g/mol. The molecule has 0 fully saturated rings. The van der Waals surface area contributed by atoms with Gasteiger partial charge in [-0.05, 0) is 12.3 Å². The van der Waals surface area contributed by atoms with Crippen LogP contribution in [-0.2, 0) is 0 Å². The third-order valence-corrected chi connectivity index (χ3v) is 1.30. The van der Waals surface area contributed by atoms with Crippen LogP contribution in [0.2, 0.25) is 0 Å². The van der Waals surface area contributed by atoms with E-state index in [0.717, 1.165) is 5.92 Å². The van der Waals surface area contributed by atoms with Gasteiger partial charge in [0.05, 0.1) is 0 Å². The normalized spacial score (nSPS) is 19.0. The van der Waals surface area contributed by atoms with Gasteiger partial charge in [-0.25, -0.2) is 0 Å². The van der Waals surface area contributed by atoms with E-state index >= 15 is 0 Å². The lowest BCUT2D eigenvalue weighted by atomic mass is 10.1. The van der Waals surface area contributed by atoms with E-state index in [1.54, 1.807) is 0 Å². The van der Waals surface area contributed by atoms with Gasteiger partial charge in [-0.2, -0.15) is 0 Å². The first-order chi connectivity index (χ1) is 3.43. The van der Waals surface area contributed by atoms with E-state index in [1.165, 1.54) is 6.42 Å². The van der Waals surface area contributed by atoms with Gasteiger partial charge in [0.2, 0.25) is 0 Å². The fraction of sp³-hybridized carbons (Fsp3) is 0.429. The van der Waals surface area contributed by atoms with Crippen LogP contribution in [0.4, 0.5) is 0 Å². The number of allylic oxidation sites excluding steroid dienone is 4. The molecule has 0 aromatic heterocycles. The molecule has 38 valence electrons. The smallest absolute Gasteiger partial charge is 0.00499 e. The van der Waals surface area contributed by atoms with Crippen molar-refractivity contribution in [2.75, 3.05) is 0 Å². The van der Waals surface area contributed by atoms with Gasteiger partial charge in [0, 0.05) is 0 Å². The molecule has 0 N–H and O–H groups in total. The zero-order valence-corrected chi connectivity index (χ0v) is 4.59. The van der Waals surface area contributed by atoms with Crippen LogP contribution in [0, 0.1) is 5.92 Å². The molecule has 0 bridgehead atoms. The van der Waals surface area contributed by atoms with Crippen LogP contribution in [-0.4, -0.2) is 0 Å². The molecule has 0 aromatic rings. The van der Waals surface area contributed by atoms with Crippen molar-refractivity contribution in [1.29, 1.82) is 0 Å². The summed E-state index contributed by atoms with van der Waals surface area (Å²) >= 11 is 0. The molecule has 0 radical (unpaired) electrons. The van der Waals surface area contributed by atoms with Crippen molar-refractivity contribution in [2.45, 2.75) is 13.3 Å². The summed E-state index contributed by atoms with van der Waals surface area (Å²) in [7, 11) is 0. The van der Waals surface area contributed by atoms with E-state index in [4.69, 9.17) is 0 Å². The summed E-state index contributed by atoms with van der Waals surface area (Å²) in [5, 5.41) is 0. The second kappa shape index (κ2) is 1.97. The summed E-state index contributed by atoms with van der Waals surface area (Å²) in [5.41, 5.74) is 0. The molecule has 1 rings (SSSR count). The van der Waals surface area contributed by atoms with Crippen LogP contribution in [0.25, 0.3) is 0 Å². The minimum absolute atomic E-state index is 0.736. The van der Waals surface area contributed by atoms with Crippen LogP contribution >= 0.6 is 0 Å². The van der Waals surface area contributed by atoms with E-state index in [-0.39, 0.29) is 0 Å². The molecule has 0 heteroatoms. The molecule has 1 aliphatic carbocycles. The summed E-state index contributed by atoms with van der Waals surface area (Å²) in [6.45, 7) is 2.20. The maximum absolute atomic E-state index is 2.22. The molecule has 0 nitrogen and oxygen atoms in total. The fourth-order valence-corrected chi connectivity index (χ4v) is 0.750. The topological polar surface area (TPSA) is 0 Å².